The summed E-state index contributed by atoms with van der Waals surface area (Å²) in [4.78, 5) is 0. The Balaban J connectivity index is 1.51. The van der Waals surface area contributed by atoms with Crippen LogP contribution < -0.4 is 9.47 Å². The molecule has 0 aliphatic rings. The molecule has 0 aliphatic carbocycles. The second-order valence-corrected chi connectivity index (χ2v) is 11.8. The molecule has 0 amide bonds. The minimum atomic E-state index is -0.235. The Labute approximate surface area is 286 Å². The van der Waals surface area contributed by atoms with Crippen molar-refractivity contribution in [1.82, 2.24) is 9.13 Å². The van der Waals surface area contributed by atoms with Gasteiger partial charge in [-0.1, -0.05) is 60.7 Å². The quantitative estimate of drug-likeness (QED) is 0.100. The van der Waals surface area contributed by atoms with Gasteiger partial charge >= 0.3 is 0 Å². The summed E-state index contributed by atoms with van der Waals surface area (Å²) >= 11 is 0. The molecular formula is C41H42N2O6. The smallest absolute Gasteiger partial charge is 0.118 e. The maximum atomic E-state index is 10.7. The number of aromatic nitrogens is 2. The number of hydrogen-bond donors (Lipinski definition) is 4. The number of aliphatic hydroxyl groups is 4. The molecule has 0 atom stereocenters. The summed E-state index contributed by atoms with van der Waals surface area (Å²) in [5.41, 5.74) is 9.82. The first-order valence-electron chi connectivity index (χ1n) is 16.4. The van der Waals surface area contributed by atoms with E-state index in [2.05, 4.69) is 9.13 Å². The molecule has 0 radical (unpaired) electrons. The Hall–Kier alpha value is -5.12. The molecule has 4 N–H and O–H groups in total. The highest BCUT2D eigenvalue weighted by atomic mass is 16.5. The molecule has 2 aromatic heterocycles. The summed E-state index contributed by atoms with van der Waals surface area (Å²) in [7, 11) is 3.26. The maximum Gasteiger partial charge on any atom is 0.118 e. The number of benzene rings is 4. The highest BCUT2D eigenvalue weighted by Crippen LogP contribution is 2.41. The van der Waals surface area contributed by atoms with Gasteiger partial charge < -0.3 is 39.0 Å². The number of nitrogens with zero attached hydrogens (tertiary/aromatic N) is 2. The fraction of sp³-hybridized carbons (Fsp3) is 0.220. The van der Waals surface area contributed by atoms with Crippen molar-refractivity contribution in [3.8, 4) is 56.5 Å². The fourth-order valence-electron chi connectivity index (χ4n) is 6.97. The van der Waals surface area contributed by atoms with E-state index >= 15 is 0 Å². The molecule has 6 rings (SSSR count). The Morgan fingerprint density at radius 1 is 0.408 bits per heavy atom. The topological polar surface area (TPSA) is 109 Å². The molecule has 0 saturated carbocycles. The Bertz CT molecular complexity index is 1830. The van der Waals surface area contributed by atoms with Gasteiger partial charge in [0.05, 0.1) is 63.4 Å². The van der Waals surface area contributed by atoms with Crippen LogP contribution in [0, 0.1) is 0 Å². The number of rotatable bonds is 14. The number of methoxy groups -OCH3 is 2. The first kappa shape index (κ1) is 33.8. The average molecular weight is 659 g/mol. The fourth-order valence-corrected chi connectivity index (χ4v) is 6.97. The van der Waals surface area contributed by atoms with Crippen molar-refractivity contribution < 1.29 is 29.9 Å². The van der Waals surface area contributed by atoms with Gasteiger partial charge in [0.25, 0.3) is 0 Å². The molecule has 0 saturated heterocycles. The summed E-state index contributed by atoms with van der Waals surface area (Å²) in [6, 6.07) is 35.4. The first-order chi connectivity index (χ1) is 24.1. The van der Waals surface area contributed by atoms with Crippen molar-refractivity contribution in [2.24, 2.45) is 0 Å². The Morgan fingerprint density at radius 3 is 0.959 bits per heavy atom. The van der Waals surface area contributed by atoms with Gasteiger partial charge in [0.1, 0.15) is 11.5 Å². The SMILES string of the molecule is COc1ccc(-c2c(CO)c(CO)c(-c3ccccc3)n2CCCn2c(-c3ccccc3)c(CO)c(CO)c2-c2ccc(OC)cc2)cc1. The third-order valence-electron chi connectivity index (χ3n) is 9.17. The molecule has 0 unspecified atom stereocenters. The van der Waals surface area contributed by atoms with Crippen LogP contribution in [0.25, 0.3) is 45.0 Å². The van der Waals surface area contributed by atoms with E-state index in [1.54, 1.807) is 14.2 Å². The van der Waals surface area contributed by atoms with Crippen molar-refractivity contribution in [3.63, 3.8) is 0 Å². The summed E-state index contributed by atoms with van der Waals surface area (Å²) in [5, 5.41) is 42.9. The predicted octanol–water partition coefficient (Wildman–Crippen LogP) is 7.03. The molecule has 0 fully saturated rings. The molecule has 4 aromatic carbocycles. The van der Waals surface area contributed by atoms with Gasteiger partial charge in [-0.3, -0.25) is 0 Å². The van der Waals surface area contributed by atoms with Crippen LogP contribution in [0.1, 0.15) is 28.7 Å². The van der Waals surface area contributed by atoms with Gasteiger partial charge in [-0.15, -0.1) is 0 Å². The molecule has 0 bridgehead atoms. The largest absolute Gasteiger partial charge is 0.497 e. The number of hydrogen-bond acceptors (Lipinski definition) is 6. The van der Waals surface area contributed by atoms with Crippen molar-refractivity contribution in [2.75, 3.05) is 14.2 Å². The molecular weight excluding hydrogens is 616 g/mol. The van der Waals surface area contributed by atoms with Gasteiger partial charge in [-0.2, -0.15) is 0 Å². The molecule has 2 heterocycles. The highest BCUT2D eigenvalue weighted by Gasteiger charge is 2.26. The van der Waals surface area contributed by atoms with E-state index in [1.165, 1.54) is 0 Å². The third kappa shape index (κ3) is 6.51. The van der Waals surface area contributed by atoms with Gasteiger partial charge in [0.2, 0.25) is 0 Å². The lowest BCUT2D eigenvalue weighted by Gasteiger charge is -2.19. The van der Waals surface area contributed by atoms with Gasteiger partial charge in [-0.05, 0) is 77.2 Å². The summed E-state index contributed by atoms with van der Waals surface area (Å²) < 4.78 is 15.2. The third-order valence-corrected chi connectivity index (χ3v) is 9.17. The first-order valence-corrected chi connectivity index (χ1v) is 16.4. The molecule has 0 aliphatic heterocycles. The Morgan fingerprint density at radius 2 is 0.694 bits per heavy atom. The maximum absolute atomic E-state index is 10.7. The zero-order valence-corrected chi connectivity index (χ0v) is 27.8. The molecule has 8 heteroatoms. The number of aliphatic hydroxyl groups excluding tert-OH is 4. The van der Waals surface area contributed by atoms with Crippen LogP contribution in [0.2, 0.25) is 0 Å². The van der Waals surface area contributed by atoms with Gasteiger partial charge in [0.15, 0.2) is 0 Å². The van der Waals surface area contributed by atoms with E-state index < -0.39 is 0 Å². The second-order valence-electron chi connectivity index (χ2n) is 11.8. The monoisotopic (exact) mass is 658 g/mol. The highest BCUT2D eigenvalue weighted by molar-refractivity contribution is 5.79. The lowest BCUT2D eigenvalue weighted by molar-refractivity contribution is 0.262. The lowest BCUT2D eigenvalue weighted by Crippen LogP contribution is -2.09. The van der Waals surface area contributed by atoms with Gasteiger partial charge in [0, 0.05) is 35.3 Å². The van der Waals surface area contributed by atoms with Crippen molar-refractivity contribution in [3.05, 3.63) is 131 Å². The molecule has 252 valence electrons. The van der Waals surface area contributed by atoms with Crippen LogP contribution in [-0.4, -0.2) is 43.8 Å². The molecule has 0 spiro atoms. The molecule has 6 aromatic rings. The van der Waals surface area contributed by atoms with E-state index in [-0.39, 0.29) is 26.4 Å². The van der Waals surface area contributed by atoms with E-state index in [1.807, 2.05) is 109 Å². The van der Waals surface area contributed by atoms with Crippen LogP contribution in [0.5, 0.6) is 11.5 Å². The zero-order valence-electron chi connectivity index (χ0n) is 27.8. The summed E-state index contributed by atoms with van der Waals surface area (Å²) in [6.07, 6.45) is 0.654. The van der Waals surface area contributed by atoms with Crippen LogP contribution in [0.4, 0.5) is 0 Å². The zero-order chi connectivity index (χ0) is 34.3. The standard InChI is InChI=1S/C41H42N2O6/c1-48-32-18-14-30(15-19-32)40-36(26-46)34(24-44)38(28-10-5-3-6-11-28)42(40)22-9-23-43-39(29-12-7-4-8-13-29)35(25-45)37(27-47)41(43)31-16-20-33(49-2)21-17-31/h3-8,10-21,44-47H,9,22-27H2,1-2H3. The molecule has 8 nitrogen and oxygen atoms in total. The van der Waals surface area contributed by atoms with Crippen molar-refractivity contribution in [1.29, 1.82) is 0 Å². The van der Waals surface area contributed by atoms with E-state index in [9.17, 15) is 20.4 Å². The summed E-state index contributed by atoms with van der Waals surface area (Å²) in [5.74, 6) is 1.45. The van der Waals surface area contributed by atoms with Crippen LogP contribution in [-0.2, 0) is 39.5 Å². The summed E-state index contributed by atoms with van der Waals surface area (Å²) in [6.45, 7) is 0.176. The van der Waals surface area contributed by atoms with Crippen LogP contribution in [0.3, 0.4) is 0 Å². The number of ether oxygens (including phenoxy) is 2. The lowest BCUT2D eigenvalue weighted by atomic mass is 10.0. The minimum Gasteiger partial charge on any atom is -0.497 e. The minimum absolute atomic E-state index is 0.229. The predicted molar refractivity (Wildman–Crippen MR) is 192 cm³/mol. The van der Waals surface area contributed by atoms with Crippen molar-refractivity contribution >= 4 is 0 Å². The molecule has 49 heavy (non-hydrogen) atoms. The van der Waals surface area contributed by atoms with Gasteiger partial charge in [-0.25, -0.2) is 0 Å². The average Bonchev–Trinajstić information content (AvgIpc) is 3.67. The van der Waals surface area contributed by atoms with Crippen LogP contribution >= 0.6 is 0 Å². The second kappa shape index (κ2) is 15.4. The van der Waals surface area contributed by atoms with Crippen molar-refractivity contribution in [2.45, 2.75) is 45.9 Å². The van der Waals surface area contributed by atoms with E-state index in [0.29, 0.717) is 41.8 Å². The normalized spacial score (nSPS) is 11.2. The Kier molecular flexibility index (Phi) is 10.6. The van der Waals surface area contributed by atoms with Crippen LogP contribution in [0.15, 0.2) is 109 Å². The van der Waals surface area contributed by atoms with E-state index in [4.69, 9.17) is 9.47 Å². The van der Waals surface area contributed by atoms with E-state index in [0.717, 1.165) is 56.5 Å².